The molecule has 1 aromatic heterocycles. The molecule has 4 rings (SSSR count). The molecule has 6 heteroatoms. The Morgan fingerprint density at radius 3 is 2.45 bits per heavy atom. The van der Waals surface area contributed by atoms with Crippen LogP contribution in [0.4, 0.5) is 4.79 Å². The van der Waals surface area contributed by atoms with Gasteiger partial charge in [0.15, 0.2) is 0 Å². The van der Waals surface area contributed by atoms with Gasteiger partial charge in [-0.25, -0.2) is 4.79 Å². The second kappa shape index (κ2) is 8.39. The molecule has 0 radical (unpaired) electrons. The Morgan fingerprint density at radius 2 is 1.72 bits per heavy atom. The molecule has 0 saturated carbocycles. The number of nitrogens with one attached hydrogen (secondary N) is 2. The number of benzene rings is 2. The lowest BCUT2D eigenvalue weighted by Crippen LogP contribution is -2.49. The minimum atomic E-state index is -0.217. The maximum Gasteiger partial charge on any atom is 0.317 e. The van der Waals surface area contributed by atoms with Gasteiger partial charge in [-0.2, -0.15) is 0 Å². The van der Waals surface area contributed by atoms with Crippen LogP contribution in [0.15, 0.2) is 65.1 Å². The van der Waals surface area contributed by atoms with Crippen LogP contribution in [0.2, 0.25) is 0 Å². The van der Waals surface area contributed by atoms with Gasteiger partial charge in [0.05, 0.1) is 6.04 Å². The highest BCUT2D eigenvalue weighted by Crippen LogP contribution is 2.24. The summed E-state index contributed by atoms with van der Waals surface area (Å²) in [7, 11) is 0. The van der Waals surface area contributed by atoms with Crippen LogP contribution in [-0.2, 0) is 0 Å². The molecule has 6 nitrogen and oxygen atoms in total. The quantitative estimate of drug-likeness (QED) is 0.703. The summed E-state index contributed by atoms with van der Waals surface area (Å²) in [5, 5.41) is 7.10. The fraction of sp³-hybridized carbons (Fsp3) is 0.304. The van der Waals surface area contributed by atoms with Crippen LogP contribution in [0.3, 0.4) is 0 Å². The van der Waals surface area contributed by atoms with E-state index in [2.05, 4.69) is 10.6 Å². The third kappa shape index (κ3) is 4.42. The Balaban J connectivity index is 1.28. The number of amides is 3. The van der Waals surface area contributed by atoms with Gasteiger partial charge in [0.2, 0.25) is 0 Å². The van der Waals surface area contributed by atoms with Crippen LogP contribution < -0.4 is 10.6 Å². The number of hydrogen-bond acceptors (Lipinski definition) is 3. The number of carbonyl (C=O) groups excluding carboxylic acids is 2. The summed E-state index contributed by atoms with van der Waals surface area (Å²) >= 11 is 0. The van der Waals surface area contributed by atoms with E-state index in [9.17, 15) is 9.59 Å². The molecule has 1 aliphatic heterocycles. The zero-order valence-corrected chi connectivity index (χ0v) is 16.4. The summed E-state index contributed by atoms with van der Waals surface area (Å²) in [4.78, 5) is 26.7. The lowest BCUT2D eigenvalue weighted by atomic mass is 10.0. The normalized spacial score (nSPS) is 15.8. The molecule has 2 aromatic carbocycles. The van der Waals surface area contributed by atoms with E-state index in [4.69, 9.17) is 4.42 Å². The molecule has 0 spiro atoms. The Bertz CT molecular complexity index is 958. The van der Waals surface area contributed by atoms with E-state index in [1.54, 1.807) is 17.0 Å². The third-order valence-electron chi connectivity index (χ3n) is 5.36. The van der Waals surface area contributed by atoms with Crippen molar-refractivity contribution >= 4 is 22.9 Å². The first-order valence-electron chi connectivity index (χ1n) is 10.00. The molecule has 2 N–H and O–H groups in total. The molecule has 1 saturated heterocycles. The van der Waals surface area contributed by atoms with Crippen molar-refractivity contribution in [1.82, 2.24) is 15.5 Å². The molecule has 29 heavy (non-hydrogen) atoms. The molecular formula is C23H25N3O3. The number of carbonyl (C=O) groups is 2. The largest absolute Gasteiger partial charge is 0.459 e. The minimum absolute atomic E-state index is 0.0630. The van der Waals surface area contributed by atoms with Gasteiger partial charge in [-0.1, -0.05) is 36.4 Å². The lowest BCUT2D eigenvalue weighted by molar-refractivity contribution is 0.0917. The second-order valence-electron chi connectivity index (χ2n) is 7.46. The number of rotatable bonds is 4. The summed E-state index contributed by atoms with van der Waals surface area (Å²) in [5.74, 6) is 0.677. The van der Waals surface area contributed by atoms with Crippen molar-refractivity contribution in [2.24, 2.45) is 0 Å². The van der Waals surface area contributed by atoms with Gasteiger partial charge in [-0.15, -0.1) is 0 Å². The van der Waals surface area contributed by atoms with Crippen molar-refractivity contribution in [3.63, 3.8) is 0 Å². The zero-order valence-electron chi connectivity index (χ0n) is 16.4. The van der Waals surface area contributed by atoms with Gasteiger partial charge in [0, 0.05) is 30.1 Å². The van der Waals surface area contributed by atoms with Crippen molar-refractivity contribution in [3.8, 4) is 0 Å². The van der Waals surface area contributed by atoms with E-state index in [0.717, 1.165) is 29.6 Å². The van der Waals surface area contributed by atoms with Crippen LogP contribution in [-0.4, -0.2) is 36.0 Å². The smallest absolute Gasteiger partial charge is 0.317 e. The Labute approximate surface area is 169 Å². The summed E-state index contributed by atoms with van der Waals surface area (Å²) < 4.78 is 5.84. The van der Waals surface area contributed by atoms with Gasteiger partial charge in [-0.05, 0) is 44.0 Å². The van der Waals surface area contributed by atoms with E-state index in [0.29, 0.717) is 18.7 Å². The molecule has 1 atom stereocenters. The van der Waals surface area contributed by atoms with Crippen molar-refractivity contribution in [2.75, 3.05) is 13.1 Å². The average Bonchev–Trinajstić information content (AvgIpc) is 3.19. The Hall–Kier alpha value is -3.28. The molecule has 1 unspecified atom stereocenters. The van der Waals surface area contributed by atoms with Gasteiger partial charge in [0.25, 0.3) is 5.91 Å². The summed E-state index contributed by atoms with van der Waals surface area (Å²) in [6, 6.07) is 18.7. The minimum Gasteiger partial charge on any atom is -0.459 e. The van der Waals surface area contributed by atoms with E-state index in [1.807, 2.05) is 55.5 Å². The maximum atomic E-state index is 12.6. The number of fused-ring (bicyclic) bond motifs is 1. The summed E-state index contributed by atoms with van der Waals surface area (Å²) in [6.07, 6.45) is 1.48. The molecule has 3 amide bonds. The standard InChI is InChI=1S/C23H25N3O3/c1-16(21-15-18-9-5-6-10-20(18)29-21)24-23(28)26-13-11-19(12-14-26)25-22(27)17-7-3-2-4-8-17/h2-10,15-16,19H,11-14H2,1H3,(H,24,28)(H,25,27). The second-order valence-corrected chi connectivity index (χ2v) is 7.46. The molecule has 1 aliphatic rings. The number of para-hydroxylation sites is 1. The molecule has 1 fully saturated rings. The van der Waals surface area contributed by atoms with Crippen molar-refractivity contribution < 1.29 is 14.0 Å². The van der Waals surface area contributed by atoms with E-state index in [-0.39, 0.29) is 24.0 Å². The first-order valence-corrected chi connectivity index (χ1v) is 10.00. The molecular weight excluding hydrogens is 366 g/mol. The zero-order chi connectivity index (χ0) is 20.2. The van der Waals surface area contributed by atoms with Gasteiger partial charge < -0.3 is 20.0 Å². The van der Waals surface area contributed by atoms with Crippen LogP contribution in [0.1, 0.15) is 41.9 Å². The molecule has 2 heterocycles. The summed E-state index contributed by atoms with van der Waals surface area (Å²) in [6.45, 7) is 3.14. The van der Waals surface area contributed by atoms with Crippen LogP contribution in [0.5, 0.6) is 0 Å². The summed E-state index contributed by atoms with van der Waals surface area (Å²) in [5.41, 5.74) is 1.48. The number of urea groups is 1. The number of hydrogen-bond donors (Lipinski definition) is 2. The lowest BCUT2D eigenvalue weighted by Gasteiger charge is -2.33. The predicted molar refractivity (Wildman–Crippen MR) is 112 cm³/mol. The fourth-order valence-corrected chi connectivity index (χ4v) is 3.65. The van der Waals surface area contributed by atoms with Crippen LogP contribution in [0.25, 0.3) is 11.0 Å². The predicted octanol–water partition coefficient (Wildman–Crippen LogP) is 4.10. The highest BCUT2D eigenvalue weighted by molar-refractivity contribution is 5.94. The third-order valence-corrected chi connectivity index (χ3v) is 5.36. The average molecular weight is 391 g/mol. The fourth-order valence-electron chi connectivity index (χ4n) is 3.65. The Kier molecular flexibility index (Phi) is 5.51. The number of nitrogens with zero attached hydrogens (tertiary/aromatic N) is 1. The van der Waals surface area contributed by atoms with Gasteiger partial charge in [0.1, 0.15) is 11.3 Å². The molecule has 150 valence electrons. The molecule has 0 bridgehead atoms. The van der Waals surface area contributed by atoms with E-state index >= 15 is 0 Å². The van der Waals surface area contributed by atoms with Crippen molar-refractivity contribution in [1.29, 1.82) is 0 Å². The van der Waals surface area contributed by atoms with Gasteiger partial charge in [-0.3, -0.25) is 4.79 Å². The number of piperidine rings is 1. The van der Waals surface area contributed by atoms with Crippen molar-refractivity contribution in [2.45, 2.75) is 31.8 Å². The Morgan fingerprint density at radius 1 is 1.03 bits per heavy atom. The van der Waals surface area contributed by atoms with Crippen LogP contribution in [0, 0.1) is 0 Å². The van der Waals surface area contributed by atoms with Crippen LogP contribution >= 0.6 is 0 Å². The maximum absolute atomic E-state index is 12.6. The monoisotopic (exact) mass is 391 g/mol. The molecule has 0 aliphatic carbocycles. The topological polar surface area (TPSA) is 74.6 Å². The molecule has 3 aromatic rings. The first kappa shape index (κ1) is 19.1. The van der Waals surface area contributed by atoms with E-state index < -0.39 is 0 Å². The van der Waals surface area contributed by atoms with E-state index in [1.165, 1.54) is 0 Å². The highest BCUT2D eigenvalue weighted by Gasteiger charge is 2.25. The van der Waals surface area contributed by atoms with Crippen molar-refractivity contribution in [3.05, 3.63) is 72.0 Å². The number of furan rings is 1. The van der Waals surface area contributed by atoms with Gasteiger partial charge >= 0.3 is 6.03 Å². The highest BCUT2D eigenvalue weighted by atomic mass is 16.3. The SMILES string of the molecule is CC(NC(=O)N1CCC(NC(=O)c2ccccc2)CC1)c1cc2ccccc2o1. The first-order chi connectivity index (χ1) is 14.1. The number of likely N-dealkylation sites (tertiary alicyclic amines) is 1.